The molecule has 0 aliphatic heterocycles. The third-order valence-corrected chi connectivity index (χ3v) is 3.88. The number of aryl methyl sites for hydroxylation is 1. The Morgan fingerprint density at radius 1 is 1.12 bits per heavy atom. The van der Waals surface area contributed by atoms with Gasteiger partial charge in [0.15, 0.2) is 0 Å². The Balaban J connectivity index is 1.98. The minimum Gasteiger partial charge on any atom is -0.450 e. The van der Waals surface area contributed by atoms with Gasteiger partial charge >= 0.3 is 6.09 Å². The van der Waals surface area contributed by atoms with Crippen LogP contribution in [0.5, 0.6) is 0 Å². The van der Waals surface area contributed by atoms with Crippen LogP contribution >= 0.6 is 0 Å². The molecule has 1 aromatic heterocycles. The van der Waals surface area contributed by atoms with Crippen molar-refractivity contribution in [3.63, 3.8) is 0 Å². The van der Waals surface area contributed by atoms with Gasteiger partial charge in [0.2, 0.25) is 0 Å². The summed E-state index contributed by atoms with van der Waals surface area (Å²) in [6.07, 6.45) is 1.55. The van der Waals surface area contributed by atoms with E-state index in [9.17, 15) is 4.79 Å². The number of fused-ring (bicyclic) bond motifs is 1. The van der Waals surface area contributed by atoms with Gasteiger partial charge in [0.1, 0.15) is 5.84 Å². The highest BCUT2D eigenvalue weighted by Crippen LogP contribution is 2.23. The zero-order valence-electron chi connectivity index (χ0n) is 14.4. The molecule has 1 heterocycles. The van der Waals surface area contributed by atoms with E-state index in [-0.39, 0.29) is 0 Å². The van der Waals surface area contributed by atoms with Crippen molar-refractivity contribution in [2.75, 3.05) is 6.61 Å². The third kappa shape index (κ3) is 3.88. The zero-order valence-corrected chi connectivity index (χ0v) is 14.4. The average Bonchev–Trinajstić information content (AvgIpc) is 3.04. The molecule has 2 aromatic carbocycles. The number of nitrogens with one attached hydrogen (secondary N) is 1. The number of hydrogen-bond acceptors (Lipinski definition) is 3. The summed E-state index contributed by atoms with van der Waals surface area (Å²) in [6.45, 7) is 5.11. The number of carbonyl (C=O) groups excluding carboxylic acids is 1. The van der Waals surface area contributed by atoms with Crippen molar-refractivity contribution >= 4 is 28.5 Å². The molecule has 1 N–H and O–H groups in total. The quantitative estimate of drug-likeness (QED) is 0.564. The molecule has 0 saturated carbocycles. The third-order valence-electron chi connectivity index (χ3n) is 3.88. The molecule has 0 fully saturated rings. The van der Waals surface area contributed by atoms with Crippen molar-refractivity contribution in [1.29, 1.82) is 0 Å². The average molecular weight is 335 g/mol. The summed E-state index contributed by atoms with van der Waals surface area (Å²) < 4.78 is 7.16. The number of amides is 1. The van der Waals surface area contributed by atoms with Crippen molar-refractivity contribution in [2.45, 2.75) is 20.4 Å². The minimum atomic E-state index is -0.511. The molecule has 25 heavy (non-hydrogen) atoms. The van der Waals surface area contributed by atoms with Crippen molar-refractivity contribution < 1.29 is 9.53 Å². The molecule has 0 aliphatic carbocycles. The SMILES string of the molecule is CCOC(=O)NC(=Nc1ccc2c(ccn2CC)c1)c1ccccc1. The number of carbonyl (C=O) groups is 1. The summed E-state index contributed by atoms with van der Waals surface area (Å²) in [6, 6.07) is 17.6. The summed E-state index contributed by atoms with van der Waals surface area (Å²) >= 11 is 0. The molecule has 5 nitrogen and oxygen atoms in total. The number of hydrogen-bond donors (Lipinski definition) is 1. The lowest BCUT2D eigenvalue weighted by atomic mass is 10.2. The first-order valence-corrected chi connectivity index (χ1v) is 8.38. The lowest BCUT2D eigenvalue weighted by Crippen LogP contribution is -2.31. The van der Waals surface area contributed by atoms with E-state index >= 15 is 0 Å². The molecule has 1 amide bonds. The van der Waals surface area contributed by atoms with Gasteiger partial charge in [-0.15, -0.1) is 0 Å². The van der Waals surface area contributed by atoms with Crippen LogP contribution in [-0.4, -0.2) is 23.1 Å². The largest absolute Gasteiger partial charge is 0.450 e. The highest BCUT2D eigenvalue weighted by molar-refractivity contribution is 6.07. The number of nitrogens with zero attached hydrogens (tertiary/aromatic N) is 2. The topological polar surface area (TPSA) is 55.6 Å². The number of alkyl carbamates (subject to hydrolysis) is 1. The van der Waals surface area contributed by atoms with Crippen LogP contribution in [0.4, 0.5) is 10.5 Å². The second kappa shape index (κ2) is 7.66. The Kier molecular flexibility index (Phi) is 5.14. The second-order valence-corrected chi connectivity index (χ2v) is 5.52. The summed E-state index contributed by atoms with van der Waals surface area (Å²) in [7, 11) is 0. The van der Waals surface area contributed by atoms with Gasteiger partial charge in [-0.1, -0.05) is 30.3 Å². The molecule has 0 aliphatic rings. The minimum absolute atomic E-state index is 0.310. The molecular formula is C20H21N3O2. The number of amidine groups is 1. The molecule has 0 radical (unpaired) electrons. The van der Waals surface area contributed by atoms with Crippen molar-refractivity contribution in [2.24, 2.45) is 4.99 Å². The van der Waals surface area contributed by atoms with Gasteiger partial charge in [-0.05, 0) is 38.1 Å². The molecule has 3 rings (SSSR count). The first-order valence-electron chi connectivity index (χ1n) is 8.38. The number of ether oxygens (including phenoxy) is 1. The van der Waals surface area contributed by atoms with E-state index in [0.717, 1.165) is 23.2 Å². The summed E-state index contributed by atoms with van der Waals surface area (Å²) in [5.74, 6) is 0.466. The van der Waals surface area contributed by atoms with E-state index in [0.29, 0.717) is 12.4 Å². The molecular weight excluding hydrogens is 314 g/mol. The van der Waals surface area contributed by atoms with Crippen molar-refractivity contribution in [3.8, 4) is 0 Å². The zero-order chi connectivity index (χ0) is 17.6. The van der Waals surface area contributed by atoms with Crippen LogP contribution < -0.4 is 5.32 Å². The lowest BCUT2D eigenvalue weighted by Gasteiger charge is -2.09. The van der Waals surface area contributed by atoms with E-state index < -0.39 is 6.09 Å². The maximum atomic E-state index is 11.9. The Bertz CT molecular complexity index is 898. The molecule has 128 valence electrons. The van der Waals surface area contributed by atoms with Crippen LogP contribution in [0, 0.1) is 0 Å². The van der Waals surface area contributed by atoms with Crippen LogP contribution in [0.3, 0.4) is 0 Å². The van der Waals surface area contributed by atoms with E-state index in [1.54, 1.807) is 6.92 Å². The highest BCUT2D eigenvalue weighted by atomic mass is 16.5. The molecule has 0 saturated heterocycles. The van der Waals surface area contributed by atoms with Gasteiger partial charge in [0.25, 0.3) is 0 Å². The van der Waals surface area contributed by atoms with Crippen LogP contribution in [-0.2, 0) is 11.3 Å². The predicted octanol–water partition coefficient (Wildman–Crippen LogP) is 4.49. The summed E-state index contributed by atoms with van der Waals surface area (Å²) in [5.41, 5.74) is 2.76. The van der Waals surface area contributed by atoms with Gasteiger partial charge in [-0.3, -0.25) is 5.32 Å². The standard InChI is InChI=1S/C20H21N3O2/c1-3-23-13-12-16-14-17(10-11-18(16)23)21-19(22-20(24)25-4-2)15-8-6-5-7-9-15/h5-14H,3-4H2,1-2H3,(H,21,22,24). The predicted molar refractivity (Wildman–Crippen MR) is 100 cm³/mol. The lowest BCUT2D eigenvalue weighted by molar-refractivity contribution is 0.158. The van der Waals surface area contributed by atoms with Crippen LogP contribution in [0.2, 0.25) is 0 Å². The van der Waals surface area contributed by atoms with E-state index in [1.165, 1.54) is 5.52 Å². The fraction of sp³-hybridized carbons (Fsp3) is 0.200. The van der Waals surface area contributed by atoms with Gasteiger partial charge < -0.3 is 9.30 Å². The molecule has 5 heteroatoms. The highest BCUT2D eigenvalue weighted by Gasteiger charge is 2.10. The maximum absolute atomic E-state index is 11.9. The maximum Gasteiger partial charge on any atom is 0.412 e. The van der Waals surface area contributed by atoms with E-state index in [1.807, 2.05) is 48.5 Å². The van der Waals surface area contributed by atoms with Crippen molar-refractivity contribution in [1.82, 2.24) is 9.88 Å². The van der Waals surface area contributed by atoms with Gasteiger partial charge in [-0.2, -0.15) is 0 Å². The van der Waals surface area contributed by atoms with Crippen LogP contribution in [0.25, 0.3) is 10.9 Å². The monoisotopic (exact) mass is 335 g/mol. The summed E-state index contributed by atoms with van der Waals surface area (Å²) in [5, 5.41) is 3.85. The number of rotatable bonds is 4. The number of aromatic nitrogens is 1. The molecule has 0 unspecified atom stereocenters. The number of aliphatic imine (C=N–C) groups is 1. The van der Waals surface area contributed by atoms with Gasteiger partial charge in [0.05, 0.1) is 12.3 Å². The van der Waals surface area contributed by atoms with E-state index in [4.69, 9.17) is 4.74 Å². The smallest absolute Gasteiger partial charge is 0.412 e. The number of benzene rings is 2. The molecule has 3 aromatic rings. The Labute approximate surface area is 146 Å². The summed E-state index contributed by atoms with van der Waals surface area (Å²) in [4.78, 5) is 16.5. The fourth-order valence-corrected chi connectivity index (χ4v) is 2.69. The first kappa shape index (κ1) is 16.8. The molecule has 0 atom stereocenters. The van der Waals surface area contributed by atoms with E-state index in [2.05, 4.69) is 34.1 Å². The van der Waals surface area contributed by atoms with Crippen LogP contribution in [0.15, 0.2) is 65.8 Å². The van der Waals surface area contributed by atoms with Gasteiger partial charge in [0, 0.05) is 29.2 Å². The first-order chi connectivity index (χ1) is 12.2. The molecule has 0 spiro atoms. The fourth-order valence-electron chi connectivity index (χ4n) is 2.69. The van der Waals surface area contributed by atoms with Gasteiger partial charge in [-0.25, -0.2) is 9.79 Å². The Morgan fingerprint density at radius 2 is 1.92 bits per heavy atom. The second-order valence-electron chi connectivity index (χ2n) is 5.52. The Morgan fingerprint density at radius 3 is 2.64 bits per heavy atom. The van der Waals surface area contributed by atoms with Crippen molar-refractivity contribution in [3.05, 3.63) is 66.4 Å². The Hall–Kier alpha value is -3.08. The molecule has 0 bridgehead atoms. The van der Waals surface area contributed by atoms with Crippen LogP contribution in [0.1, 0.15) is 19.4 Å². The normalized spacial score (nSPS) is 11.5.